The second-order valence-corrected chi connectivity index (χ2v) is 15.9. The number of imide groups is 1. The molecule has 57 heavy (non-hydrogen) atoms. The molecule has 2 aromatic carbocycles. The van der Waals surface area contributed by atoms with Crippen molar-refractivity contribution in [1.29, 1.82) is 0 Å². The van der Waals surface area contributed by atoms with Gasteiger partial charge in [-0.05, 0) is 79.8 Å². The SMILES string of the molecule is CN(Cc1ccncc1N1CCC(=O)NC1=O)C1CCN(c2ccc(-c3cc(F)c4c(c3)C(=O)N(C(C(=O)Nc3nccs3)c3ncn5c3CCC5)C4)cc2)CC1. The Kier molecular flexibility index (Phi) is 9.74. The summed E-state index contributed by atoms with van der Waals surface area (Å²) in [6.07, 6.45) is 10.5. The summed E-state index contributed by atoms with van der Waals surface area (Å²) in [5.41, 5.74) is 6.07. The van der Waals surface area contributed by atoms with E-state index < -0.39 is 29.7 Å². The molecule has 4 aliphatic heterocycles. The van der Waals surface area contributed by atoms with E-state index in [1.54, 1.807) is 41.3 Å². The molecule has 5 aromatic rings. The molecular weight excluding hydrogens is 748 g/mol. The number of carbonyl (C=O) groups is 4. The molecule has 4 aliphatic rings. The van der Waals surface area contributed by atoms with Gasteiger partial charge in [0.05, 0.1) is 30.5 Å². The van der Waals surface area contributed by atoms with Crippen LogP contribution in [0.4, 0.5) is 25.7 Å². The number of nitrogens with one attached hydrogen (secondary N) is 2. The van der Waals surface area contributed by atoms with E-state index in [0.717, 1.165) is 67.8 Å². The number of piperidine rings is 1. The zero-order chi connectivity index (χ0) is 39.2. The molecule has 2 N–H and O–H groups in total. The molecule has 7 heterocycles. The Morgan fingerprint density at radius 2 is 1.84 bits per heavy atom. The van der Waals surface area contributed by atoms with Crippen LogP contribution >= 0.6 is 11.3 Å². The minimum atomic E-state index is -1.04. The molecular formula is C41H41FN10O4S. The third-order valence-electron chi connectivity index (χ3n) is 11.6. The van der Waals surface area contributed by atoms with Gasteiger partial charge in [0.25, 0.3) is 11.8 Å². The van der Waals surface area contributed by atoms with Gasteiger partial charge in [0.1, 0.15) is 5.82 Å². The monoisotopic (exact) mass is 788 g/mol. The summed E-state index contributed by atoms with van der Waals surface area (Å²) in [6, 6.07) is 12.0. The van der Waals surface area contributed by atoms with Crippen LogP contribution in [0.25, 0.3) is 11.1 Å². The third kappa shape index (κ3) is 7.03. The lowest BCUT2D eigenvalue weighted by molar-refractivity contribution is -0.121. The van der Waals surface area contributed by atoms with Crippen LogP contribution in [0, 0.1) is 5.82 Å². The topological polar surface area (TPSA) is 149 Å². The number of hydrogen-bond donors (Lipinski definition) is 2. The molecule has 2 saturated heterocycles. The highest BCUT2D eigenvalue weighted by molar-refractivity contribution is 7.13. The fraction of sp³-hybridized carbons (Fsp3) is 0.341. The number of anilines is 3. The number of amides is 5. The molecule has 2 fully saturated rings. The number of benzene rings is 2. The lowest BCUT2D eigenvalue weighted by Gasteiger charge is -2.38. The summed E-state index contributed by atoms with van der Waals surface area (Å²) in [5, 5.41) is 7.42. The van der Waals surface area contributed by atoms with Gasteiger partial charge >= 0.3 is 6.03 Å². The first-order chi connectivity index (χ1) is 27.7. The second kappa shape index (κ2) is 15.2. The van der Waals surface area contributed by atoms with Crippen molar-refractivity contribution in [2.75, 3.05) is 41.8 Å². The Hall–Kier alpha value is -6.00. The van der Waals surface area contributed by atoms with Crippen LogP contribution in [0.2, 0.25) is 0 Å². The van der Waals surface area contributed by atoms with E-state index in [9.17, 15) is 19.2 Å². The lowest BCUT2D eigenvalue weighted by Crippen LogP contribution is -2.50. The number of carbonyl (C=O) groups excluding carboxylic acids is 4. The van der Waals surface area contributed by atoms with Gasteiger partial charge in [0, 0.05) is 85.5 Å². The van der Waals surface area contributed by atoms with Crippen molar-refractivity contribution in [2.45, 2.75) is 63.8 Å². The largest absolute Gasteiger partial charge is 0.371 e. The van der Waals surface area contributed by atoms with Gasteiger partial charge in [-0.3, -0.25) is 39.8 Å². The normalized spacial score (nSPS) is 17.6. The Morgan fingerprint density at radius 1 is 1.02 bits per heavy atom. The van der Waals surface area contributed by atoms with Crippen molar-refractivity contribution in [3.05, 3.63) is 107 Å². The van der Waals surface area contributed by atoms with E-state index in [2.05, 4.69) is 42.4 Å². The van der Waals surface area contributed by atoms with Crippen molar-refractivity contribution < 1.29 is 23.6 Å². The van der Waals surface area contributed by atoms with Crippen molar-refractivity contribution in [3.8, 4) is 11.1 Å². The van der Waals surface area contributed by atoms with Gasteiger partial charge in [-0.2, -0.15) is 0 Å². The first-order valence-corrected chi connectivity index (χ1v) is 20.1. The molecule has 0 spiro atoms. The fourth-order valence-corrected chi connectivity index (χ4v) is 9.11. The summed E-state index contributed by atoms with van der Waals surface area (Å²) in [4.78, 5) is 72.9. The smallest absolute Gasteiger partial charge is 0.328 e. The van der Waals surface area contributed by atoms with Crippen molar-refractivity contribution in [2.24, 2.45) is 0 Å². The highest BCUT2D eigenvalue weighted by Crippen LogP contribution is 2.38. The molecule has 0 saturated carbocycles. The number of nitrogens with zero attached hydrogens (tertiary/aromatic N) is 8. The molecule has 9 rings (SSSR count). The first-order valence-electron chi connectivity index (χ1n) is 19.2. The third-order valence-corrected chi connectivity index (χ3v) is 12.3. The first kappa shape index (κ1) is 36.6. The number of thiazole rings is 1. The highest BCUT2D eigenvalue weighted by Gasteiger charge is 2.42. The molecule has 0 bridgehead atoms. The molecule has 3 aromatic heterocycles. The average molecular weight is 789 g/mol. The summed E-state index contributed by atoms with van der Waals surface area (Å²) < 4.78 is 17.9. The fourth-order valence-electron chi connectivity index (χ4n) is 8.58. The van der Waals surface area contributed by atoms with Gasteiger partial charge in [-0.25, -0.2) is 19.2 Å². The maximum Gasteiger partial charge on any atom is 0.328 e. The van der Waals surface area contributed by atoms with E-state index in [4.69, 9.17) is 0 Å². The Bertz CT molecular complexity index is 2360. The van der Waals surface area contributed by atoms with Crippen molar-refractivity contribution >= 4 is 51.6 Å². The number of aromatic nitrogens is 4. The number of hydrogen-bond acceptors (Lipinski definition) is 10. The van der Waals surface area contributed by atoms with Crippen LogP contribution in [0.1, 0.15) is 64.6 Å². The predicted octanol–water partition coefficient (Wildman–Crippen LogP) is 5.37. The van der Waals surface area contributed by atoms with Crippen LogP contribution in [-0.2, 0) is 35.6 Å². The summed E-state index contributed by atoms with van der Waals surface area (Å²) in [5.74, 6) is -1.60. The zero-order valence-electron chi connectivity index (χ0n) is 31.4. The number of imidazole rings is 1. The van der Waals surface area contributed by atoms with E-state index >= 15 is 4.39 Å². The minimum absolute atomic E-state index is 0.0475. The van der Waals surface area contributed by atoms with Crippen LogP contribution in [-0.4, -0.2) is 85.8 Å². The Balaban J connectivity index is 0.868. The highest BCUT2D eigenvalue weighted by atomic mass is 32.1. The second-order valence-electron chi connectivity index (χ2n) is 15.0. The number of urea groups is 1. The molecule has 0 radical (unpaired) electrons. The summed E-state index contributed by atoms with van der Waals surface area (Å²) in [6.45, 7) is 3.41. The molecule has 1 atom stereocenters. The Morgan fingerprint density at radius 3 is 2.61 bits per heavy atom. The number of aryl methyl sites for hydroxylation is 1. The number of fused-ring (bicyclic) bond motifs is 2. The maximum atomic E-state index is 15.9. The van der Waals surface area contributed by atoms with Crippen molar-refractivity contribution in [3.63, 3.8) is 0 Å². The van der Waals surface area contributed by atoms with Gasteiger partial charge in [-0.1, -0.05) is 12.1 Å². The maximum absolute atomic E-state index is 15.9. The lowest BCUT2D eigenvalue weighted by atomic mass is 9.98. The standard InChI is InChI=1S/C41H41FN10O4S/c1-48(22-26-8-12-43-21-34(26)51-17-11-35(53)46-41(51)56)28-9-15-49(16-10-28)29-6-4-25(5-7-29)27-19-30-31(32(42)20-27)23-52(39(30)55)37(38(54)47-40-44-13-18-57-40)36-33-3-2-14-50(33)24-45-36/h4-8,12-13,18-21,24,28,37H,2-3,9-11,14-17,22-23H2,1H3,(H,44,47,54)(H,46,53,56). The summed E-state index contributed by atoms with van der Waals surface area (Å²) in [7, 11) is 2.10. The minimum Gasteiger partial charge on any atom is -0.371 e. The van der Waals surface area contributed by atoms with E-state index in [-0.39, 0.29) is 30.0 Å². The van der Waals surface area contributed by atoms with Crippen LogP contribution in [0.3, 0.4) is 0 Å². The molecule has 1 unspecified atom stereocenters. The van der Waals surface area contributed by atoms with E-state index in [1.165, 1.54) is 22.3 Å². The summed E-state index contributed by atoms with van der Waals surface area (Å²) >= 11 is 1.28. The number of pyridine rings is 1. The van der Waals surface area contributed by atoms with Gasteiger partial charge in [0.15, 0.2) is 11.2 Å². The van der Waals surface area contributed by atoms with Crippen LogP contribution < -0.4 is 20.4 Å². The molecule has 14 nitrogen and oxygen atoms in total. The van der Waals surface area contributed by atoms with E-state index in [1.807, 2.05) is 34.9 Å². The quantitative estimate of drug-likeness (QED) is 0.191. The van der Waals surface area contributed by atoms with Gasteiger partial charge in [-0.15, -0.1) is 11.3 Å². The molecule has 16 heteroatoms. The molecule has 5 amide bonds. The number of halogens is 1. The Labute approximate surface area is 332 Å². The van der Waals surface area contributed by atoms with Crippen molar-refractivity contribution in [1.82, 2.24) is 34.6 Å². The van der Waals surface area contributed by atoms with Gasteiger partial charge in [0.2, 0.25) is 5.91 Å². The van der Waals surface area contributed by atoms with Crippen LogP contribution in [0.5, 0.6) is 0 Å². The number of rotatable bonds is 10. The average Bonchev–Trinajstić information content (AvgIpc) is 4.04. The predicted molar refractivity (Wildman–Crippen MR) is 212 cm³/mol. The zero-order valence-corrected chi connectivity index (χ0v) is 32.2. The van der Waals surface area contributed by atoms with E-state index in [0.29, 0.717) is 41.2 Å². The molecule has 292 valence electrons. The molecule has 0 aliphatic carbocycles. The van der Waals surface area contributed by atoms with Gasteiger partial charge < -0.3 is 14.4 Å². The van der Waals surface area contributed by atoms with Crippen LogP contribution in [0.15, 0.2) is 72.8 Å².